The number of nitrogens with one attached hydrogen (secondary N) is 1. The number of piperidine rings is 1. The minimum absolute atomic E-state index is 0.269. The third kappa shape index (κ3) is 3.71. The predicted molar refractivity (Wildman–Crippen MR) is 74.4 cm³/mol. The van der Waals surface area contributed by atoms with Gasteiger partial charge in [0.05, 0.1) is 0 Å². The molecule has 0 aromatic rings. The number of carbonyl (C=O) groups is 1. The molecule has 3 nitrogen and oxygen atoms in total. The molecule has 2 rings (SSSR count). The molecule has 1 heterocycles. The Morgan fingerprint density at radius 2 is 1.72 bits per heavy atom. The van der Waals surface area contributed by atoms with Gasteiger partial charge in [0.25, 0.3) is 0 Å². The van der Waals surface area contributed by atoms with Crippen molar-refractivity contribution in [2.75, 3.05) is 20.1 Å². The maximum absolute atomic E-state index is 12.2. The molecular weight excluding hydrogens is 224 g/mol. The summed E-state index contributed by atoms with van der Waals surface area (Å²) in [5.74, 6) is 1.50. The molecule has 1 saturated carbocycles. The number of carbonyl (C=O) groups excluding carboxylic acids is 1. The summed E-state index contributed by atoms with van der Waals surface area (Å²) in [6.07, 6.45) is 8.35. The fourth-order valence-electron chi connectivity index (χ4n) is 3.30. The number of likely N-dealkylation sites (tertiary alicyclic amines) is 1. The molecule has 0 spiro atoms. The van der Waals surface area contributed by atoms with E-state index in [1.807, 2.05) is 0 Å². The van der Waals surface area contributed by atoms with Gasteiger partial charge in [-0.1, -0.05) is 13.3 Å². The molecule has 0 atom stereocenters. The van der Waals surface area contributed by atoms with Crippen molar-refractivity contribution < 1.29 is 4.79 Å². The smallest absolute Gasteiger partial charge is 0.223 e. The number of hydrogen-bond acceptors (Lipinski definition) is 2. The fourth-order valence-corrected chi connectivity index (χ4v) is 3.30. The van der Waals surface area contributed by atoms with Crippen molar-refractivity contribution in [1.29, 1.82) is 0 Å². The summed E-state index contributed by atoms with van der Waals surface area (Å²) in [6.45, 7) is 4.42. The van der Waals surface area contributed by atoms with Crippen molar-refractivity contribution in [2.45, 2.75) is 57.9 Å². The van der Waals surface area contributed by atoms with Crippen LogP contribution in [0.5, 0.6) is 0 Å². The lowest BCUT2D eigenvalue weighted by atomic mass is 9.84. The summed E-state index contributed by atoms with van der Waals surface area (Å²) in [6, 6.07) is 0.458. The van der Waals surface area contributed by atoms with Gasteiger partial charge >= 0.3 is 0 Å². The van der Waals surface area contributed by atoms with Crippen LogP contribution >= 0.6 is 0 Å². The maximum atomic E-state index is 12.2. The second-order valence-electron chi connectivity index (χ2n) is 6.21. The lowest BCUT2D eigenvalue weighted by Gasteiger charge is -2.32. The lowest BCUT2D eigenvalue weighted by molar-refractivity contribution is -0.127. The summed E-state index contributed by atoms with van der Waals surface area (Å²) in [5.41, 5.74) is 0. The minimum atomic E-state index is 0.269. The molecule has 0 radical (unpaired) electrons. The van der Waals surface area contributed by atoms with Crippen LogP contribution in [0.25, 0.3) is 0 Å². The van der Waals surface area contributed by atoms with E-state index in [4.69, 9.17) is 0 Å². The van der Waals surface area contributed by atoms with Gasteiger partial charge < -0.3 is 10.2 Å². The van der Waals surface area contributed by atoms with Crippen LogP contribution in [-0.4, -0.2) is 37.0 Å². The summed E-state index contributed by atoms with van der Waals surface area (Å²) in [7, 11) is 2.14. The highest BCUT2D eigenvalue weighted by molar-refractivity contribution is 5.79. The molecule has 0 unspecified atom stereocenters. The Morgan fingerprint density at radius 1 is 1.11 bits per heavy atom. The van der Waals surface area contributed by atoms with E-state index in [1.54, 1.807) is 0 Å². The lowest BCUT2D eigenvalue weighted by Crippen LogP contribution is -2.44. The predicted octanol–water partition coefficient (Wildman–Crippen LogP) is 2.41. The number of rotatable bonds is 3. The summed E-state index contributed by atoms with van der Waals surface area (Å²) >= 11 is 0. The molecule has 104 valence electrons. The fraction of sp³-hybridized carbons (Fsp3) is 0.933. The molecule has 2 fully saturated rings. The SMILES string of the molecule is CC[C@H]1CC[C@@H](NC(=O)C2CCN(C)CC2)CC1. The van der Waals surface area contributed by atoms with E-state index in [1.165, 1.54) is 32.1 Å². The highest BCUT2D eigenvalue weighted by atomic mass is 16.1. The van der Waals surface area contributed by atoms with Gasteiger partial charge in [-0.05, 0) is 64.6 Å². The summed E-state index contributed by atoms with van der Waals surface area (Å²) in [5, 5.41) is 3.29. The normalized spacial score (nSPS) is 31.2. The van der Waals surface area contributed by atoms with Crippen molar-refractivity contribution in [3.63, 3.8) is 0 Å². The quantitative estimate of drug-likeness (QED) is 0.836. The van der Waals surface area contributed by atoms with Crippen molar-refractivity contribution in [1.82, 2.24) is 10.2 Å². The summed E-state index contributed by atoms with van der Waals surface area (Å²) in [4.78, 5) is 14.5. The third-order valence-electron chi connectivity index (χ3n) is 4.86. The first-order chi connectivity index (χ1) is 8.69. The van der Waals surface area contributed by atoms with Crippen LogP contribution in [0.1, 0.15) is 51.9 Å². The van der Waals surface area contributed by atoms with Gasteiger partial charge in [0.15, 0.2) is 0 Å². The molecule has 0 aromatic heterocycles. The second kappa shape index (κ2) is 6.55. The number of nitrogens with zero attached hydrogens (tertiary/aromatic N) is 1. The second-order valence-corrected chi connectivity index (χ2v) is 6.21. The van der Waals surface area contributed by atoms with E-state index < -0.39 is 0 Å². The Bertz CT molecular complexity index is 264. The van der Waals surface area contributed by atoms with Crippen molar-refractivity contribution in [2.24, 2.45) is 11.8 Å². The Labute approximate surface area is 111 Å². The average Bonchev–Trinajstić information content (AvgIpc) is 2.40. The van der Waals surface area contributed by atoms with Gasteiger partial charge in [0.2, 0.25) is 5.91 Å². The van der Waals surface area contributed by atoms with E-state index >= 15 is 0 Å². The third-order valence-corrected chi connectivity index (χ3v) is 4.86. The van der Waals surface area contributed by atoms with E-state index in [-0.39, 0.29) is 5.92 Å². The monoisotopic (exact) mass is 252 g/mol. The molecule has 1 N–H and O–H groups in total. The summed E-state index contributed by atoms with van der Waals surface area (Å²) < 4.78 is 0. The maximum Gasteiger partial charge on any atom is 0.223 e. The number of amides is 1. The van der Waals surface area contributed by atoms with Gasteiger partial charge in [-0.15, -0.1) is 0 Å². The van der Waals surface area contributed by atoms with E-state index in [2.05, 4.69) is 24.2 Å². The first-order valence-electron chi connectivity index (χ1n) is 7.68. The topological polar surface area (TPSA) is 32.3 Å². The van der Waals surface area contributed by atoms with Crippen LogP contribution in [0, 0.1) is 11.8 Å². The molecule has 0 bridgehead atoms. The molecule has 18 heavy (non-hydrogen) atoms. The zero-order valence-electron chi connectivity index (χ0n) is 12.0. The Kier molecular flexibility index (Phi) is 5.04. The molecular formula is C15H28N2O. The zero-order chi connectivity index (χ0) is 13.0. The van der Waals surface area contributed by atoms with Crippen molar-refractivity contribution >= 4 is 5.91 Å². The molecule has 0 aromatic carbocycles. The first-order valence-corrected chi connectivity index (χ1v) is 7.68. The van der Waals surface area contributed by atoms with Crippen LogP contribution in [0.4, 0.5) is 0 Å². The van der Waals surface area contributed by atoms with E-state index in [0.29, 0.717) is 11.9 Å². The molecule has 3 heteroatoms. The van der Waals surface area contributed by atoms with Gasteiger partial charge in [-0.25, -0.2) is 0 Å². The van der Waals surface area contributed by atoms with Crippen LogP contribution in [0.15, 0.2) is 0 Å². The molecule has 2 aliphatic rings. The van der Waals surface area contributed by atoms with Gasteiger partial charge in [0.1, 0.15) is 0 Å². The van der Waals surface area contributed by atoms with Gasteiger partial charge in [0, 0.05) is 12.0 Å². The largest absolute Gasteiger partial charge is 0.353 e. The average molecular weight is 252 g/mol. The molecule has 1 aliphatic carbocycles. The molecule has 1 saturated heterocycles. The van der Waals surface area contributed by atoms with E-state index in [9.17, 15) is 4.79 Å². The first kappa shape index (κ1) is 13.9. The standard InChI is InChI=1S/C15H28N2O/c1-3-12-4-6-14(7-5-12)16-15(18)13-8-10-17(2)11-9-13/h12-14H,3-11H2,1-2H3,(H,16,18)/t12-,14+. The van der Waals surface area contributed by atoms with Crippen LogP contribution in [0.2, 0.25) is 0 Å². The van der Waals surface area contributed by atoms with Gasteiger partial charge in [-0.2, -0.15) is 0 Å². The highest BCUT2D eigenvalue weighted by Gasteiger charge is 2.27. The minimum Gasteiger partial charge on any atom is -0.353 e. The Morgan fingerprint density at radius 3 is 2.28 bits per heavy atom. The molecule has 1 amide bonds. The molecule has 1 aliphatic heterocycles. The van der Waals surface area contributed by atoms with E-state index in [0.717, 1.165) is 31.8 Å². The highest BCUT2D eigenvalue weighted by Crippen LogP contribution is 2.27. The zero-order valence-corrected chi connectivity index (χ0v) is 12.0. The Balaban J connectivity index is 1.71. The number of hydrogen-bond donors (Lipinski definition) is 1. The van der Waals surface area contributed by atoms with Crippen molar-refractivity contribution in [3.05, 3.63) is 0 Å². The Hall–Kier alpha value is -0.570. The van der Waals surface area contributed by atoms with Crippen molar-refractivity contribution in [3.8, 4) is 0 Å². The van der Waals surface area contributed by atoms with Crippen LogP contribution in [0.3, 0.4) is 0 Å². The van der Waals surface area contributed by atoms with Crippen LogP contribution < -0.4 is 5.32 Å². The van der Waals surface area contributed by atoms with Gasteiger partial charge in [-0.3, -0.25) is 4.79 Å². The van der Waals surface area contributed by atoms with Crippen LogP contribution in [-0.2, 0) is 4.79 Å².